The van der Waals surface area contributed by atoms with Gasteiger partial charge in [-0.2, -0.15) is 0 Å². The number of halogens is 2. The maximum atomic E-state index is 12.9. The zero-order chi connectivity index (χ0) is 18.0. The number of carbonyl (C=O) groups is 2. The number of nitrogens with one attached hydrogen (secondary N) is 1. The van der Waals surface area contributed by atoms with E-state index in [2.05, 4.69) is 5.32 Å². The third-order valence-corrected chi connectivity index (χ3v) is 4.85. The summed E-state index contributed by atoms with van der Waals surface area (Å²) < 4.78 is 5.18. The van der Waals surface area contributed by atoms with Crippen molar-refractivity contribution in [1.29, 1.82) is 0 Å². The molecule has 2 aromatic rings. The molecule has 1 fully saturated rings. The molecule has 3 rings (SSSR count). The molecule has 0 aliphatic heterocycles. The SMILES string of the molecule is CCOC(=O)C1(C(=O)Nc2cccc(Cl)c2)CC1c1ccc(Cl)cc1. The molecule has 0 heterocycles. The number of hydrogen-bond donors (Lipinski definition) is 1. The van der Waals surface area contributed by atoms with Crippen molar-refractivity contribution in [3.63, 3.8) is 0 Å². The highest BCUT2D eigenvalue weighted by atomic mass is 35.5. The van der Waals surface area contributed by atoms with Gasteiger partial charge in [0.2, 0.25) is 5.91 Å². The van der Waals surface area contributed by atoms with E-state index < -0.39 is 11.4 Å². The molecule has 1 amide bonds. The van der Waals surface area contributed by atoms with E-state index in [0.717, 1.165) is 5.56 Å². The maximum absolute atomic E-state index is 12.9. The van der Waals surface area contributed by atoms with Crippen LogP contribution >= 0.6 is 23.2 Å². The molecule has 4 nitrogen and oxygen atoms in total. The Morgan fingerprint density at radius 2 is 1.88 bits per heavy atom. The van der Waals surface area contributed by atoms with Gasteiger partial charge in [-0.1, -0.05) is 41.4 Å². The lowest BCUT2D eigenvalue weighted by molar-refractivity contribution is -0.153. The van der Waals surface area contributed by atoms with Crippen molar-refractivity contribution in [2.24, 2.45) is 5.41 Å². The lowest BCUT2D eigenvalue weighted by Crippen LogP contribution is -2.34. The molecule has 1 aliphatic rings. The van der Waals surface area contributed by atoms with Crippen LogP contribution in [0.3, 0.4) is 0 Å². The quantitative estimate of drug-likeness (QED) is 0.608. The van der Waals surface area contributed by atoms with E-state index in [-0.39, 0.29) is 18.4 Å². The first kappa shape index (κ1) is 17.8. The lowest BCUT2D eigenvalue weighted by atomic mass is 9.97. The van der Waals surface area contributed by atoms with Crippen LogP contribution in [0.4, 0.5) is 5.69 Å². The van der Waals surface area contributed by atoms with Gasteiger partial charge >= 0.3 is 5.97 Å². The normalized spacial score (nSPS) is 21.5. The van der Waals surface area contributed by atoms with Crippen molar-refractivity contribution in [2.75, 3.05) is 11.9 Å². The van der Waals surface area contributed by atoms with E-state index >= 15 is 0 Å². The summed E-state index contributed by atoms with van der Waals surface area (Å²) in [6.07, 6.45) is 0.403. The molecule has 2 aromatic carbocycles. The number of rotatable bonds is 5. The third-order valence-electron chi connectivity index (χ3n) is 4.36. The fraction of sp³-hybridized carbons (Fsp3) is 0.263. The van der Waals surface area contributed by atoms with Crippen LogP contribution < -0.4 is 5.32 Å². The zero-order valence-corrected chi connectivity index (χ0v) is 15.1. The fourth-order valence-corrected chi connectivity index (χ4v) is 3.31. The summed E-state index contributed by atoms with van der Waals surface area (Å²) in [6.45, 7) is 1.94. The Hall–Kier alpha value is -2.04. The zero-order valence-electron chi connectivity index (χ0n) is 13.6. The van der Waals surface area contributed by atoms with Crippen molar-refractivity contribution in [3.8, 4) is 0 Å². The van der Waals surface area contributed by atoms with Gasteiger partial charge in [0.15, 0.2) is 5.41 Å². The summed E-state index contributed by atoms with van der Waals surface area (Å²) in [4.78, 5) is 25.4. The first-order valence-electron chi connectivity index (χ1n) is 7.97. The Balaban J connectivity index is 1.87. The first-order valence-corrected chi connectivity index (χ1v) is 8.72. The van der Waals surface area contributed by atoms with Gasteiger partial charge in [-0.3, -0.25) is 9.59 Å². The molecule has 25 heavy (non-hydrogen) atoms. The van der Waals surface area contributed by atoms with Crippen molar-refractivity contribution in [3.05, 3.63) is 64.1 Å². The Kier molecular flexibility index (Phi) is 5.02. The summed E-state index contributed by atoms with van der Waals surface area (Å²) >= 11 is 11.9. The minimum atomic E-state index is -1.22. The Morgan fingerprint density at radius 1 is 1.16 bits per heavy atom. The number of ether oxygens (including phenoxy) is 1. The Morgan fingerprint density at radius 3 is 2.52 bits per heavy atom. The predicted octanol–water partition coefficient (Wildman–Crippen LogP) is 4.67. The number of anilines is 1. The molecule has 1 saturated carbocycles. The largest absolute Gasteiger partial charge is 0.465 e. The van der Waals surface area contributed by atoms with Gasteiger partial charge in [-0.15, -0.1) is 0 Å². The summed E-state index contributed by atoms with van der Waals surface area (Å²) in [7, 11) is 0. The van der Waals surface area contributed by atoms with Gasteiger partial charge < -0.3 is 10.1 Å². The minimum absolute atomic E-state index is 0.221. The molecule has 130 valence electrons. The summed E-state index contributed by atoms with van der Waals surface area (Å²) in [5.41, 5.74) is 0.216. The van der Waals surface area contributed by atoms with Crippen LogP contribution in [-0.2, 0) is 14.3 Å². The topological polar surface area (TPSA) is 55.4 Å². The second-order valence-electron chi connectivity index (χ2n) is 5.96. The van der Waals surface area contributed by atoms with E-state index in [1.54, 1.807) is 43.3 Å². The summed E-state index contributed by atoms with van der Waals surface area (Å²) in [6, 6.07) is 14.0. The van der Waals surface area contributed by atoms with Crippen LogP contribution in [0.2, 0.25) is 10.0 Å². The molecule has 0 bridgehead atoms. The van der Waals surface area contributed by atoms with Gasteiger partial charge in [0, 0.05) is 21.7 Å². The molecular weight excluding hydrogens is 361 g/mol. The van der Waals surface area contributed by atoms with Crippen molar-refractivity contribution >= 4 is 40.8 Å². The van der Waals surface area contributed by atoms with Crippen LogP contribution in [0.5, 0.6) is 0 Å². The first-order chi connectivity index (χ1) is 12.0. The van der Waals surface area contributed by atoms with E-state index in [9.17, 15) is 9.59 Å². The Bertz CT molecular complexity index is 807. The second-order valence-corrected chi connectivity index (χ2v) is 6.84. The van der Waals surface area contributed by atoms with Gasteiger partial charge in [0.05, 0.1) is 6.61 Å². The van der Waals surface area contributed by atoms with Crippen LogP contribution in [0.15, 0.2) is 48.5 Å². The third kappa shape index (κ3) is 3.51. The van der Waals surface area contributed by atoms with E-state index in [1.165, 1.54) is 0 Å². The van der Waals surface area contributed by atoms with E-state index in [4.69, 9.17) is 27.9 Å². The minimum Gasteiger partial charge on any atom is -0.465 e. The molecule has 2 atom stereocenters. The summed E-state index contributed by atoms with van der Waals surface area (Å²) in [5, 5.41) is 3.90. The number of carbonyl (C=O) groups excluding carboxylic acids is 2. The molecule has 2 unspecified atom stereocenters. The highest BCUT2D eigenvalue weighted by molar-refractivity contribution is 6.31. The van der Waals surface area contributed by atoms with Gasteiger partial charge in [-0.25, -0.2) is 0 Å². The number of hydrogen-bond acceptors (Lipinski definition) is 3. The van der Waals surface area contributed by atoms with E-state index in [1.807, 2.05) is 12.1 Å². The number of amides is 1. The van der Waals surface area contributed by atoms with Gasteiger partial charge in [-0.05, 0) is 49.2 Å². The highest BCUT2D eigenvalue weighted by Crippen LogP contribution is 2.60. The van der Waals surface area contributed by atoms with Gasteiger partial charge in [0.25, 0.3) is 0 Å². The second kappa shape index (κ2) is 7.06. The van der Waals surface area contributed by atoms with Crippen LogP contribution in [0.1, 0.15) is 24.8 Å². The maximum Gasteiger partial charge on any atom is 0.322 e. The Labute approximate surface area is 156 Å². The molecule has 6 heteroatoms. The molecule has 1 N–H and O–H groups in total. The van der Waals surface area contributed by atoms with Crippen LogP contribution in [-0.4, -0.2) is 18.5 Å². The van der Waals surface area contributed by atoms with E-state index in [0.29, 0.717) is 22.2 Å². The molecule has 0 aromatic heterocycles. The molecule has 0 saturated heterocycles. The molecule has 1 aliphatic carbocycles. The fourth-order valence-electron chi connectivity index (χ4n) is 3.00. The average Bonchev–Trinajstić information content (AvgIpc) is 3.33. The molecule has 0 spiro atoms. The number of esters is 1. The average molecular weight is 378 g/mol. The number of benzene rings is 2. The lowest BCUT2D eigenvalue weighted by Gasteiger charge is -2.16. The predicted molar refractivity (Wildman–Crippen MR) is 98.0 cm³/mol. The van der Waals surface area contributed by atoms with Gasteiger partial charge in [0.1, 0.15) is 0 Å². The van der Waals surface area contributed by atoms with Crippen molar-refractivity contribution in [2.45, 2.75) is 19.3 Å². The smallest absolute Gasteiger partial charge is 0.322 e. The standard InChI is InChI=1S/C19H17Cl2NO3/c1-2-25-18(24)19(11-16(19)12-6-8-13(20)9-7-12)17(23)22-15-5-3-4-14(21)10-15/h3-10,16H,2,11H2,1H3,(H,22,23). The summed E-state index contributed by atoms with van der Waals surface area (Å²) in [5.74, 6) is -1.12. The van der Waals surface area contributed by atoms with Crippen LogP contribution in [0.25, 0.3) is 0 Å². The monoisotopic (exact) mass is 377 g/mol. The molecular formula is C19H17Cl2NO3. The van der Waals surface area contributed by atoms with Crippen LogP contribution in [0, 0.1) is 5.41 Å². The van der Waals surface area contributed by atoms with Crippen molar-refractivity contribution in [1.82, 2.24) is 0 Å². The highest BCUT2D eigenvalue weighted by Gasteiger charge is 2.67. The molecule has 0 radical (unpaired) electrons. The van der Waals surface area contributed by atoms with Crippen molar-refractivity contribution < 1.29 is 14.3 Å².